The minimum Gasteiger partial charge on any atom is -0.310 e. The van der Waals surface area contributed by atoms with E-state index in [1.54, 1.807) is 0 Å². The maximum Gasteiger partial charge on any atom is 0.0991 e. The van der Waals surface area contributed by atoms with Crippen LogP contribution in [0.3, 0.4) is 0 Å². The zero-order valence-corrected chi connectivity index (χ0v) is 27.0. The Morgan fingerprint density at radius 3 is 2.13 bits per heavy atom. The summed E-state index contributed by atoms with van der Waals surface area (Å²) in [7, 11) is 0. The Morgan fingerprint density at radius 1 is 0.532 bits per heavy atom. The topological polar surface area (TPSA) is 15.6 Å². The van der Waals surface area contributed by atoms with Gasteiger partial charge in [0.1, 0.15) is 0 Å². The van der Waals surface area contributed by atoms with Crippen molar-refractivity contribution in [2.24, 2.45) is 4.99 Å². The lowest BCUT2D eigenvalue weighted by molar-refractivity contribution is 0.760. The van der Waals surface area contributed by atoms with Gasteiger partial charge in [0, 0.05) is 42.7 Å². The summed E-state index contributed by atoms with van der Waals surface area (Å²) in [4.78, 5) is 7.74. The van der Waals surface area contributed by atoms with Gasteiger partial charge >= 0.3 is 0 Å². The minimum atomic E-state index is 0.178. The van der Waals surface area contributed by atoms with Crippen LogP contribution in [0.2, 0.25) is 0 Å². The molecular formula is C43H28N2S2. The summed E-state index contributed by atoms with van der Waals surface area (Å²) in [5.41, 5.74) is 9.77. The molecule has 2 atom stereocenters. The Bertz CT molecular complexity index is 2510. The number of nitrogens with zero attached hydrogens (tertiary/aromatic N) is 2. The third-order valence-corrected chi connectivity index (χ3v) is 12.1. The van der Waals surface area contributed by atoms with E-state index in [9.17, 15) is 0 Å². The summed E-state index contributed by atoms with van der Waals surface area (Å²) < 4.78 is 2.62. The molecule has 4 heteroatoms. The fourth-order valence-electron chi connectivity index (χ4n) is 7.47. The van der Waals surface area contributed by atoms with Crippen molar-refractivity contribution >= 4 is 76.1 Å². The lowest BCUT2D eigenvalue weighted by atomic mass is 10.0. The smallest absolute Gasteiger partial charge is 0.0991 e. The Hall–Kier alpha value is -5.16. The molecule has 0 spiro atoms. The lowest BCUT2D eigenvalue weighted by Gasteiger charge is -2.28. The van der Waals surface area contributed by atoms with Crippen LogP contribution in [0.4, 0.5) is 17.1 Å². The highest BCUT2D eigenvalue weighted by Gasteiger charge is 2.40. The first kappa shape index (κ1) is 27.0. The van der Waals surface area contributed by atoms with Gasteiger partial charge in [-0.3, -0.25) is 4.99 Å². The van der Waals surface area contributed by atoms with E-state index in [4.69, 9.17) is 4.99 Å². The van der Waals surface area contributed by atoms with Gasteiger partial charge in [-0.05, 0) is 69.9 Å². The van der Waals surface area contributed by atoms with E-state index >= 15 is 0 Å². The molecule has 0 fully saturated rings. The van der Waals surface area contributed by atoms with E-state index in [-0.39, 0.29) is 6.04 Å². The number of thioether (sulfide) groups is 1. The highest BCUT2D eigenvalue weighted by atomic mass is 32.2. The molecule has 47 heavy (non-hydrogen) atoms. The average molecular weight is 637 g/mol. The highest BCUT2D eigenvalue weighted by Crippen LogP contribution is 2.57. The summed E-state index contributed by atoms with van der Waals surface area (Å²) in [5.74, 6) is 0. The fraction of sp³-hybridized carbons (Fsp3) is 0.0465. The number of para-hydroxylation sites is 1. The SMILES string of the molecule is c1ccc(-c2ccccc2N(c2ccc(C3=NC4c5cccc6cccc(c56)C4S3)cc2)c2ccc3sc4ccccc4c3c2)cc1. The van der Waals surface area contributed by atoms with Gasteiger partial charge in [0.2, 0.25) is 0 Å². The number of thiophene rings is 1. The third kappa shape index (κ3) is 4.29. The van der Waals surface area contributed by atoms with E-state index in [0.29, 0.717) is 5.25 Å². The van der Waals surface area contributed by atoms with Crippen molar-refractivity contribution in [1.82, 2.24) is 0 Å². The highest BCUT2D eigenvalue weighted by molar-refractivity contribution is 8.15. The van der Waals surface area contributed by atoms with Crippen molar-refractivity contribution in [2.75, 3.05) is 4.90 Å². The van der Waals surface area contributed by atoms with E-state index in [0.717, 1.165) is 22.1 Å². The Morgan fingerprint density at radius 2 is 1.26 bits per heavy atom. The number of anilines is 3. The van der Waals surface area contributed by atoms with Crippen LogP contribution in [-0.4, -0.2) is 5.04 Å². The number of aliphatic imine (C=N–C) groups is 1. The minimum absolute atomic E-state index is 0.178. The van der Waals surface area contributed by atoms with E-state index in [1.165, 1.54) is 58.8 Å². The number of rotatable bonds is 5. The predicted octanol–water partition coefficient (Wildman–Crippen LogP) is 12.6. The second kappa shape index (κ2) is 10.7. The van der Waals surface area contributed by atoms with Crippen molar-refractivity contribution in [3.63, 3.8) is 0 Å². The number of benzene rings is 7. The molecule has 0 bridgehead atoms. The molecule has 10 rings (SSSR count). The molecule has 0 amide bonds. The molecule has 8 aromatic rings. The molecule has 0 N–H and O–H groups in total. The average Bonchev–Trinajstić information content (AvgIpc) is 3.82. The molecule has 7 aromatic carbocycles. The zero-order chi connectivity index (χ0) is 30.9. The lowest BCUT2D eigenvalue weighted by Crippen LogP contribution is -2.11. The Kier molecular flexibility index (Phi) is 6.15. The molecule has 0 radical (unpaired) electrons. The largest absolute Gasteiger partial charge is 0.310 e. The molecule has 2 aliphatic rings. The fourth-order valence-corrected chi connectivity index (χ4v) is 9.90. The van der Waals surface area contributed by atoms with Crippen molar-refractivity contribution in [2.45, 2.75) is 11.3 Å². The van der Waals surface area contributed by atoms with Gasteiger partial charge in [-0.1, -0.05) is 127 Å². The number of hydrogen-bond acceptors (Lipinski definition) is 4. The van der Waals surface area contributed by atoms with Crippen LogP contribution in [0.25, 0.3) is 42.1 Å². The van der Waals surface area contributed by atoms with Gasteiger partial charge in [-0.2, -0.15) is 0 Å². The molecule has 2 heterocycles. The van der Waals surface area contributed by atoms with Gasteiger partial charge in [0.15, 0.2) is 0 Å². The van der Waals surface area contributed by atoms with Gasteiger partial charge < -0.3 is 4.90 Å². The molecule has 2 unspecified atom stereocenters. The van der Waals surface area contributed by atoms with Gasteiger partial charge in [-0.15, -0.1) is 11.3 Å². The molecule has 1 aliphatic heterocycles. The predicted molar refractivity (Wildman–Crippen MR) is 203 cm³/mol. The second-order valence-electron chi connectivity index (χ2n) is 12.3. The quantitative estimate of drug-likeness (QED) is 0.187. The van der Waals surface area contributed by atoms with Crippen molar-refractivity contribution in [3.8, 4) is 11.1 Å². The summed E-state index contributed by atoms with van der Waals surface area (Å²) in [6.07, 6.45) is 0. The number of hydrogen-bond donors (Lipinski definition) is 0. The standard InChI is InChI=1S/C43H28N2S2/c1-2-10-27(11-3-1)32-14-4-6-18-37(32)45(31-24-25-39-36(26-31)33-15-5-7-19-38(33)46-39)30-22-20-29(21-23-30)43-44-41-34-16-8-12-28-13-9-17-35(40(28)34)42(41)47-43/h1-26,41-42H. The summed E-state index contributed by atoms with van der Waals surface area (Å²) in [6, 6.07) is 57.6. The first-order valence-corrected chi connectivity index (χ1v) is 17.7. The first-order chi connectivity index (χ1) is 23.3. The molecular weight excluding hydrogens is 609 g/mol. The molecule has 1 aliphatic carbocycles. The van der Waals surface area contributed by atoms with Gasteiger partial charge in [-0.25, -0.2) is 0 Å². The van der Waals surface area contributed by atoms with E-state index < -0.39 is 0 Å². The van der Waals surface area contributed by atoms with Crippen molar-refractivity contribution in [1.29, 1.82) is 0 Å². The normalized spacial score (nSPS) is 16.6. The van der Waals surface area contributed by atoms with Crippen molar-refractivity contribution in [3.05, 3.63) is 174 Å². The van der Waals surface area contributed by atoms with E-state index in [1.807, 2.05) is 23.1 Å². The van der Waals surface area contributed by atoms with Crippen LogP contribution in [0.5, 0.6) is 0 Å². The molecule has 0 saturated carbocycles. The summed E-state index contributed by atoms with van der Waals surface area (Å²) in [6.45, 7) is 0. The second-order valence-corrected chi connectivity index (χ2v) is 14.5. The molecule has 2 nitrogen and oxygen atoms in total. The van der Waals surface area contributed by atoms with Crippen LogP contribution in [0, 0.1) is 0 Å². The zero-order valence-electron chi connectivity index (χ0n) is 25.4. The first-order valence-electron chi connectivity index (χ1n) is 16.0. The van der Waals surface area contributed by atoms with E-state index in [2.05, 4.69) is 163 Å². The molecule has 222 valence electrons. The monoisotopic (exact) mass is 636 g/mol. The third-order valence-electron chi connectivity index (χ3n) is 9.60. The molecule has 1 aromatic heterocycles. The Labute approximate surface area is 281 Å². The van der Waals surface area contributed by atoms with Crippen LogP contribution in [-0.2, 0) is 0 Å². The van der Waals surface area contributed by atoms with Crippen LogP contribution in [0.1, 0.15) is 28.0 Å². The van der Waals surface area contributed by atoms with Crippen molar-refractivity contribution < 1.29 is 0 Å². The maximum absolute atomic E-state index is 5.33. The summed E-state index contributed by atoms with van der Waals surface area (Å²) >= 11 is 3.77. The molecule has 0 saturated heterocycles. The van der Waals surface area contributed by atoms with Gasteiger partial charge in [0.05, 0.1) is 22.0 Å². The maximum atomic E-state index is 5.33. The number of fused-ring (bicyclic) bond motifs is 6. The van der Waals surface area contributed by atoms with Crippen LogP contribution in [0.15, 0.2) is 163 Å². The van der Waals surface area contributed by atoms with Gasteiger partial charge in [0.25, 0.3) is 0 Å². The summed E-state index contributed by atoms with van der Waals surface area (Å²) in [5, 5.41) is 6.78. The Balaban J connectivity index is 1.09. The van der Waals surface area contributed by atoms with Crippen LogP contribution >= 0.6 is 23.1 Å². The van der Waals surface area contributed by atoms with Crippen LogP contribution < -0.4 is 4.90 Å².